The van der Waals surface area contributed by atoms with E-state index in [0.29, 0.717) is 31.0 Å². The van der Waals surface area contributed by atoms with Gasteiger partial charge in [-0.2, -0.15) is 0 Å². The highest BCUT2D eigenvalue weighted by molar-refractivity contribution is 5.76. The van der Waals surface area contributed by atoms with Gasteiger partial charge in [-0.05, 0) is 41.3 Å². The van der Waals surface area contributed by atoms with Crippen LogP contribution < -0.4 is 10.1 Å². The Morgan fingerprint density at radius 3 is 2.54 bits per heavy atom. The maximum Gasteiger partial charge on any atom is 0.220 e. The van der Waals surface area contributed by atoms with Crippen molar-refractivity contribution in [3.05, 3.63) is 95.2 Å². The number of carbonyl (C=O) groups excluding carboxylic acids is 1. The molecule has 1 amide bonds. The number of nitrogens with zero attached hydrogens (tertiary/aromatic N) is 1. The summed E-state index contributed by atoms with van der Waals surface area (Å²) in [4.78, 5) is 16.2. The Kier molecular flexibility index (Phi) is 6.68. The topological polar surface area (TPSA) is 51.2 Å². The molecule has 1 N–H and O–H groups in total. The third-order valence-corrected chi connectivity index (χ3v) is 4.14. The van der Waals surface area contributed by atoms with Crippen molar-refractivity contribution in [1.82, 2.24) is 10.3 Å². The number of aryl methyl sites for hydroxylation is 1. The van der Waals surface area contributed by atoms with Crippen LogP contribution in [0.4, 0.5) is 8.78 Å². The van der Waals surface area contributed by atoms with E-state index >= 15 is 0 Å². The van der Waals surface area contributed by atoms with E-state index in [9.17, 15) is 13.6 Å². The summed E-state index contributed by atoms with van der Waals surface area (Å²) in [7, 11) is 0. The van der Waals surface area contributed by atoms with Gasteiger partial charge in [-0.3, -0.25) is 4.79 Å². The molecule has 0 atom stereocenters. The number of pyridine rings is 1. The normalized spacial score (nSPS) is 10.5. The molecular weight excluding hydrogens is 362 g/mol. The van der Waals surface area contributed by atoms with Gasteiger partial charge >= 0.3 is 0 Å². The smallest absolute Gasteiger partial charge is 0.220 e. The first-order valence-electron chi connectivity index (χ1n) is 8.92. The summed E-state index contributed by atoms with van der Waals surface area (Å²) in [5, 5.41) is 2.81. The second kappa shape index (κ2) is 9.60. The van der Waals surface area contributed by atoms with E-state index in [4.69, 9.17) is 4.74 Å². The lowest BCUT2D eigenvalue weighted by atomic mass is 10.1. The zero-order valence-corrected chi connectivity index (χ0v) is 15.2. The zero-order chi connectivity index (χ0) is 19.8. The maximum atomic E-state index is 13.2. The van der Waals surface area contributed by atoms with Gasteiger partial charge in [0.05, 0.1) is 0 Å². The molecule has 0 aliphatic carbocycles. The summed E-state index contributed by atoms with van der Waals surface area (Å²) in [6.07, 6.45) is 2.15. The van der Waals surface area contributed by atoms with Crippen LogP contribution in [0, 0.1) is 11.6 Å². The summed E-state index contributed by atoms with van der Waals surface area (Å²) in [5.41, 5.74) is 2.48. The molecule has 2 aromatic carbocycles. The number of ether oxygens (including phenoxy) is 1. The molecule has 4 nitrogen and oxygen atoms in total. The van der Waals surface area contributed by atoms with Crippen LogP contribution in [-0.2, 0) is 24.4 Å². The molecule has 0 fully saturated rings. The van der Waals surface area contributed by atoms with E-state index in [-0.39, 0.29) is 12.3 Å². The van der Waals surface area contributed by atoms with Gasteiger partial charge in [-0.25, -0.2) is 13.8 Å². The quantitative estimate of drug-likeness (QED) is 0.636. The van der Waals surface area contributed by atoms with Crippen molar-refractivity contribution >= 4 is 5.91 Å². The molecule has 28 heavy (non-hydrogen) atoms. The molecule has 0 saturated carbocycles. The van der Waals surface area contributed by atoms with Crippen LogP contribution in [-0.4, -0.2) is 10.9 Å². The summed E-state index contributed by atoms with van der Waals surface area (Å²) >= 11 is 0. The number of carbonyl (C=O) groups is 1. The molecule has 3 aromatic rings. The van der Waals surface area contributed by atoms with Crippen molar-refractivity contribution in [2.45, 2.75) is 26.0 Å². The standard InChI is InChI=1S/C22H20F2N2O2/c23-19-8-6-16(12-20(19)24)7-9-21(27)26-14-18-10-11-25-22(13-18)28-15-17-4-2-1-3-5-17/h1-6,8,10-13H,7,9,14-15H2,(H,26,27). The van der Waals surface area contributed by atoms with E-state index in [1.807, 2.05) is 30.3 Å². The minimum Gasteiger partial charge on any atom is -0.473 e. The fourth-order valence-corrected chi connectivity index (χ4v) is 2.61. The molecule has 1 heterocycles. The predicted molar refractivity (Wildman–Crippen MR) is 102 cm³/mol. The van der Waals surface area contributed by atoms with Gasteiger partial charge < -0.3 is 10.1 Å². The van der Waals surface area contributed by atoms with E-state index in [2.05, 4.69) is 10.3 Å². The number of halogens is 2. The molecule has 0 spiro atoms. The Hall–Kier alpha value is -3.28. The van der Waals surface area contributed by atoms with Crippen LogP contribution >= 0.6 is 0 Å². The molecule has 3 rings (SSSR count). The van der Waals surface area contributed by atoms with Gasteiger partial charge in [0, 0.05) is 25.2 Å². The van der Waals surface area contributed by atoms with Crippen molar-refractivity contribution in [2.24, 2.45) is 0 Å². The summed E-state index contributed by atoms with van der Waals surface area (Å²) in [5.74, 6) is -1.49. The lowest BCUT2D eigenvalue weighted by molar-refractivity contribution is -0.121. The first-order valence-corrected chi connectivity index (χ1v) is 8.92. The third-order valence-electron chi connectivity index (χ3n) is 4.14. The number of nitrogens with one attached hydrogen (secondary N) is 1. The summed E-state index contributed by atoms with van der Waals surface area (Å²) < 4.78 is 31.8. The summed E-state index contributed by atoms with van der Waals surface area (Å²) in [6, 6.07) is 17.0. The second-order valence-electron chi connectivity index (χ2n) is 6.30. The number of aromatic nitrogens is 1. The fourth-order valence-electron chi connectivity index (χ4n) is 2.61. The molecular formula is C22H20F2N2O2. The van der Waals surface area contributed by atoms with Gasteiger partial charge in [0.1, 0.15) is 6.61 Å². The largest absolute Gasteiger partial charge is 0.473 e. The maximum absolute atomic E-state index is 13.2. The van der Waals surface area contributed by atoms with Crippen molar-refractivity contribution in [3.8, 4) is 5.88 Å². The Labute approximate surface area is 162 Å². The number of hydrogen-bond acceptors (Lipinski definition) is 3. The van der Waals surface area contributed by atoms with E-state index in [1.54, 1.807) is 18.3 Å². The fraction of sp³-hybridized carbons (Fsp3) is 0.182. The molecule has 144 valence electrons. The first-order chi connectivity index (χ1) is 13.6. The van der Waals surface area contributed by atoms with E-state index in [0.717, 1.165) is 23.3 Å². The van der Waals surface area contributed by atoms with Crippen LogP contribution in [0.25, 0.3) is 0 Å². The molecule has 0 aliphatic heterocycles. The Balaban J connectivity index is 1.46. The second-order valence-corrected chi connectivity index (χ2v) is 6.30. The highest BCUT2D eigenvalue weighted by atomic mass is 19.2. The Bertz CT molecular complexity index is 933. The first kappa shape index (κ1) is 19.5. The lowest BCUT2D eigenvalue weighted by Crippen LogP contribution is -2.23. The average molecular weight is 382 g/mol. The van der Waals surface area contributed by atoms with Gasteiger partial charge in [0.15, 0.2) is 11.6 Å². The molecule has 0 aliphatic rings. The SMILES string of the molecule is O=C(CCc1ccc(F)c(F)c1)NCc1ccnc(OCc2ccccc2)c1. The minimum atomic E-state index is -0.905. The highest BCUT2D eigenvalue weighted by Crippen LogP contribution is 2.13. The predicted octanol–water partition coefficient (Wildman–Crippen LogP) is 4.19. The van der Waals surface area contributed by atoms with Crippen molar-refractivity contribution in [2.75, 3.05) is 0 Å². The number of amides is 1. The minimum absolute atomic E-state index is 0.173. The molecule has 1 aromatic heterocycles. The van der Waals surface area contributed by atoms with Gasteiger partial charge in [-0.1, -0.05) is 36.4 Å². The zero-order valence-electron chi connectivity index (χ0n) is 15.2. The van der Waals surface area contributed by atoms with Crippen LogP contribution in [0.15, 0.2) is 66.9 Å². The molecule has 0 radical (unpaired) electrons. The van der Waals surface area contributed by atoms with Crippen LogP contribution in [0.1, 0.15) is 23.1 Å². The molecule has 0 unspecified atom stereocenters. The van der Waals surface area contributed by atoms with Crippen molar-refractivity contribution < 1.29 is 18.3 Å². The number of rotatable bonds is 8. The lowest BCUT2D eigenvalue weighted by Gasteiger charge is -2.09. The van der Waals surface area contributed by atoms with Gasteiger partial charge in [0.25, 0.3) is 0 Å². The number of hydrogen-bond donors (Lipinski definition) is 1. The number of benzene rings is 2. The highest BCUT2D eigenvalue weighted by Gasteiger charge is 2.07. The molecule has 0 bridgehead atoms. The van der Waals surface area contributed by atoms with E-state index in [1.165, 1.54) is 6.07 Å². The molecule has 0 saturated heterocycles. The monoisotopic (exact) mass is 382 g/mol. The Morgan fingerprint density at radius 1 is 0.929 bits per heavy atom. The van der Waals surface area contributed by atoms with Crippen molar-refractivity contribution in [1.29, 1.82) is 0 Å². The van der Waals surface area contributed by atoms with Gasteiger partial charge in [0.2, 0.25) is 11.8 Å². The van der Waals surface area contributed by atoms with Crippen molar-refractivity contribution in [3.63, 3.8) is 0 Å². The van der Waals surface area contributed by atoms with E-state index < -0.39 is 11.6 Å². The van der Waals surface area contributed by atoms with Crippen LogP contribution in [0.2, 0.25) is 0 Å². The van der Waals surface area contributed by atoms with Gasteiger partial charge in [-0.15, -0.1) is 0 Å². The van der Waals surface area contributed by atoms with Crippen LogP contribution in [0.3, 0.4) is 0 Å². The Morgan fingerprint density at radius 2 is 1.75 bits per heavy atom. The third kappa shape index (κ3) is 5.87. The van der Waals surface area contributed by atoms with Crippen LogP contribution in [0.5, 0.6) is 5.88 Å². The average Bonchev–Trinajstić information content (AvgIpc) is 2.73. The molecule has 6 heteroatoms. The summed E-state index contributed by atoms with van der Waals surface area (Å²) in [6.45, 7) is 0.749.